The summed E-state index contributed by atoms with van der Waals surface area (Å²) in [6.07, 6.45) is -0.370. The lowest BCUT2D eigenvalue weighted by Gasteiger charge is -2.27. The zero-order chi connectivity index (χ0) is 9.19. The van der Waals surface area contributed by atoms with Crippen LogP contribution < -0.4 is 0 Å². The van der Waals surface area contributed by atoms with Crippen LogP contribution in [-0.2, 0) is 9.84 Å². The van der Waals surface area contributed by atoms with Crippen molar-refractivity contribution < 1.29 is 13.5 Å². The molecule has 1 saturated heterocycles. The Labute approximate surface area is 73.1 Å². The lowest BCUT2D eigenvalue weighted by atomic mass is 10.3. The minimum atomic E-state index is -2.77. The van der Waals surface area contributed by atoms with Gasteiger partial charge in [0.05, 0.1) is 17.6 Å². The van der Waals surface area contributed by atoms with Crippen LogP contribution in [0.15, 0.2) is 0 Å². The van der Waals surface area contributed by atoms with Gasteiger partial charge in [-0.15, -0.1) is 0 Å². The summed E-state index contributed by atoms with van der Waals surface area (Å²) in [5.74, 6) is 0.472. The summed E-state index contributed by atoms with van der Waals surface area (Å²) in [5.41, 5.74) is 0. The zero-order valence-electron chi connectivity index (χ0n) is 7.23. The van der Waals surface area contributed by atoms with Gasteiger partial charge in [-0.1, -0.05) is 0 Å². The molecule has 0 aromatic heterocycles. The molecule has 0 aliphatic carbocycles. The lowest BCUT2D eigenvalue weighted by molar-refractivity contribution is 0.132. The molecule has 1 unspecified atom stereocenters. The van der Waals surface area contributed by atoms with E-state index in [1.54, 1.807) is 6.92 Å². The topological polar surface area (TPSA) is 57.6 Å². The van der Waals surface area contributed by atoms with Crippen LogP contribution in [0.2, 0.25) is 0 Å². The summed E-state index contributed by atoms with van der Waals surface area (Å²) < 4.78 is 22.0. The molecule has 1 fully saturated rings. The Morgan fingerprint density at radius 3 is 2.33 bits per heavy atom. The average Bonchev–Trinajstić information content (AvgIpc) is 1.93. The van der Waals surface area contributed by atoms with Crippen LogP contribution in [0.4, 0.5) is 0 Å². The Balaban J connectivity index is 2.36. The van der Waals surface area contributed by atoms with E-state index < -0.39 is 9.84 Å². The first-order chi connectivity index (χ1) is 5.49. The summed E-state index contributed by atoms with van der Waals surface area (Å²) in [4.78, 5) is 1.98. The molecule has 1 aliphatic heterocycles. The van der Waals surface area contributed by atoms with Crippen LogP contribution in [-0.4, -0.2) is 55.7 Å². The van der Waals surface area contributed by atoms with Gasteiger partial charge in [0.25, 0.3) is 0 Å². The molecule has 1 aliphatic rings. The summed E-state index contributed by atoms with van der Waals surface area (Å²) in [6.45, 7) is 3.42. The number of rotatable bonds is 2. The molecular weight excluding hydrogens is 178 g/mol. The van der Waals surface area contributed by atoms with Crippen molar-refractivity contribution in [1.29, 1.82) is 0 Å². The van der Waals surface area contributed by atoms with E-state index in [0.29, 0.717) is 19.6 Å². The van der Waals surface area contributed by atoms with Crippen molar-refractivity contribution >= 4 is 9.84 Å². The fourth-order valence-corrected chi connectivity index (χ4v) is 2.58. The zero-order valence-corrected chi connectivity index (χ0v) is 8.05. The third kappa shape index (κ3) is 3.08. The fraction of sp³-hybridized carbons (Fsp3) is 1.00. The summed E-state index contributed by atoms with van der Waals surface area (Å²) in [6, 6.07) is 0. The lowest BCUT2D eigenvalue weighted by Crippen LogP contribution is -2.43. The monoisotopic (exact) mass is 193 g/mol. The van der Waals surface area contributed by atoms with E-state index in [9.17, 15) is 8.42 Å². The number of sulfone groups is 1. The highest BCUT2D eigenvalue weighted by Crippen LogP contribution is 2.03. The average molecular weight is 193 g/mol. The van der Waals surface area contributed by atoms with Gasteiger partial charge in [0, 0.05) is 19.6 Å². The minimum absolute atomic E-state index is 0.236. The molecule has 12 heavy (non-hydrogen) atoms. The van der Waals surface area contributed by atoms with Crippen molar-refractivity contribution in [3.8, 4) is 0 Å². The van der Waals surface area contributed by atoms with Gasteiger partial charge in [-0.05, 0) is 6.92 Å². The third-order valence-electron chi connectivity index (χ3n) is 1.96. The van der Waals surface area contributed by atoms with E-state index in [4.69, 9.17) is 5.11 Å². The molecule has 5 heteroatoms. The van der Waals surface area contributed by atoms with Gasteiger partial charge >= 0.3 is 0 Å². The second-order valence-electron chi connectivity index (χ2n) is 3.30. The van der Waals surface area contributed by atoms with E-state index in [1.165, 1.54) is 0 Å². The first-order valence-corrected chi connectivity index (χ1v) is 5.92. The summed E-state index contributed by atoms with van der Waals surface area (Å²) in [5, 5.41) is 9.04. The molecule has 1 rings (SSSR count). The van der Waals surface area contributed by atoms with E-state index in [2.05, 4.69) is 0 Å². The number of β-amino-alcohol motifs (C(OH)–C–C–N with tert-alkyl or cyclic N) is 1. The Bertz CT molecular complexity index is 221. The number of aliphatic hydroxyl groups is 1. The predicted molar refractivity (Wildman–Crippen MR) is 46.8 cm³/mol. The van der Waals surface area contributed by atoms with Crippen molar-refractivity contribution in [3.63, 3.8) is 0 Å². The van der Waals surface area contributed by atoms with E-state index >= 15 is 0 Å². The van der Waals surface area contributed by atoms with Gasteiger partial charge in [0.2, 0.25) is 0 Å². The van der Waals surface area contributed by atoms with E-state index in [0.717, 1.165) is 0 Å². The van der Waals surface area contributed by atoms with Crippen LogP contribution in [0.5, 0.6) is 0 Å². The molecule has 1 heterocycles. The molecule has 0 spiro atoms. The normalized spacial score (nSPS) is 26.8. The van der Waals surface area contributed by atoms with Crippen molar-refractivity contribution in [2.45, 2.75) is 13.0 Å². The van der Waals surface area contributed by atoms with Crippen LogP contribution in [0.25, 0.3) is 0 Å². The van der Waals surface area contributed by atoms with E-state index in [1.807, 2.05) is 4.90 Å². The minimum Gasteiger partial charge on any atom is -0.392 e. The Morgan fingerprint density at radius 1 is 1.42 bits per heavy atom. The van der Waals surface area contributed by atoms with Gasteiger partial charge in [-0.3, -0.25) is 4.90 Å². The number of hydrogen-bond acceptors (Lipinski definition) is 4. The second-order valence-corrected chi connectivity index (χ2v) is 5.61. The molecular formula is C7H15NO3S. The van der Waals surface area contributed by atoms with Crippen molar-refractivity contribution in [1.82, 2.24) is 4.90 Å². The Morgan fingerprint density at radius 2 is 1.92 bits per heavy atom. The van der Waals surface area contributed by atoms with Gasteiger partial charge in [-0.2, -0.15) is 0 Å². The fourth-order valence-electron chi connectivity index (χ4n) is 1.31. The first kappa shape index (κ1) is 9.95. The number of aliphatic hydroxyl groups excluding tert-OH is 1. The molecule has 72 valence electrons. The quantitative estimate of drug-likeness (QED) is 0.617. The van der Waals surface area contributed by atoms with E-state index in [-0.39, 0.29) is 17.6 Å². The SMILES string of the molecule is CC(O)CN1CCS(=O)(=O)CC1. The maximum Gasteiger partial charge on any atom is 0.152 e. The Hall–Kier alpha value is -0.130. The molecule has 4 nitrogen and oxygen atoms in total. The number of hydrogen-bond donors (Lipinski definition) is 1. The van der Waals surface area contributed by atoms with Crippen molar-refractivity contribution in [2.24, 2.45) is 0 Å². The van der Waals surface area contributed by atoms with Gasteiger partial charge < -0.3 is 5.11 Å². The molecule has 0 aromatic carbocycles. The maximum absolute atomic E-state index is 11.0. The van der Waals surface area contributed by atoms with Gasteiger partial charge in [0.15, 0.2) is 9.84 Å². The van der Waals surface area contributed by atoms with Crippen LogP contribution in [0.1, 0.15) is 6.92 Å². The smallest absolute Gasteiger partial charge is 0.152 e. The molecule has 1 atom stereocenters. The molecule has 0 aromatic rings. The second kappa shape index (κ2) is 3.72. The highest BCUT2D eigenvalue weighted by molar-refractivity contribution is 7.91. The van der Waals surface area contributed by atoms with Crippen molar-refractivity contribution in [2.75, 3.05) is 31.1 Å². The molecule has 0 bridgehead atoms. The van der Waals surface area contributed by atoms with Gasteiger partial charge in [-0.25, -0.2) is 8.42 Å². The molecule has 0 saturated carbocycles. The maximum atomic E-state index is 11.0. The van der Waals surface area contributed by atoms with Crippen LogP contribution >= 0.6 is 0 Å². The predicted octanol–water partition coefficient (Wildman–Crippen LogP) is -0.902. The molecule has 1 N–H and O–H groups in total. The largest absolute Gasteiger partial charge is 0.392 e. The van der Waals surface area contributed by atoms with Crippen LogP contribution in [0.3, 0.4) is 0 Å². The highest BCUT2D eigenvalue weighted by Gasteiger charge is 2.21. The summed E-state index contributed by atoms with van der Waals surface area (Å²) >= 11 is 0. The summed E-state index contributed by atoms with van der Waals surface area (Å²) in [7, 11) is -2.77. The standard InChI is InChI=1S/C7H15NO3S/c1-7(9)6-8-2-4-12(10,11)5-3-8/h7,9H,2-6H2,1H3. The number of nitrogens with zero attached hydrogens (tertiary/aromatic N) is 1. The molecule has 0 radical (unpaired) electrons. The van der Waals surface area contributed by atoms with Gasteiger partial charge in [0.1, 0.15) is 0 Å². The molecule has 0 amide bonds. The van der Waals surface area contributed by atoms with Crippen molar-refractivity contribution in [3.05, 3.63) is 0 Å². The first-order valence-electron chi connectivity index (χ1n) is 4.10. The van der Waals surface area contributed by atoms with Crippen LogP contribution in [0, 0.1) is 0 Å². The Kier molecular flexibility index (Phi) is 3.09. The highest BCUT2D eigenvalue weighted by atomic mass is 32.2. The third-order valence-corrected chi connectivity index (χ3v) is 3.57.